The van der Waals surface area contributed by atoms with Gasteiger partial charge in [0.15, 0.2) is 5.65 Å². The van der Waals surface area contributed by atoms with E-state index >= 15 is 0 Å². The summed E-state index contributed by atoms with van der Waals surface area (Å²) >= 11 is 1.52. The molecule has 0 radical (unpaired) electrons. The van der Waals surface area contributed by atoms with Crippen molar-refractivity contribution in [3.8, 4) is 21.8 Å². The van der Waals surface area contributed by atoms with Gasteiger partial charge in [0.1, 0.15) is 5.82 Å². The Labute approximate surface area is 140 Å². The SMILES string of the molecule is Cc1nc(C)c(-c2cc(=O)n3[nH]c(-c4ccc(F)cc4)cc3n2)s1. The number of halogens is 1. The lowest BCUT2D eigenvalue weighted by atomic mass is 10.1. The van der Waals surface area contributed by atoms with Gasteiger partial charge in [-0.05, 0) is 43.7 Å². The van der Waals surface area contributed by atoms with E-state index in [4.69, 9.17) is 0 Å². The molecular formula is C17H13FN4OS. The maximum absolute atomic E-state index is 13.1. The number of aromatic amines is 1. The summed E-state index contributed by atoms with van der Waals surface area (Å²) < 4.78 is 14.4. The molecule has 4 rings (SSSR count). The normalized spacial score (nSPS) is 11.3. The summed E-state index contributed by atoms with van der Waals surface area (Å²) in [4.78, 5) is 22.3. The lowest BCUT2D eigenvalue weighted by Crippen LogP contribution is -2.14. The van der Waals surface area contributed by atoms with E-state index in [1.807, 2.05) is 13.8 Å². The van der Waals surface area contributed by atoms with E-state index in [1.165, 1.54) is 34.1 Å². The highest BCUT2D eigenvalue weighted by atomic mass is 32.1. The van der Waals surface area contributed by atoms with Crippen LogP contribution in [0.25, 0.3) is 27.5 Å². The Morgan fingerprint density at radius 3 is 2.54 bits per heavy atom. The molecule has 24 heavy (non-hydrogen) atoms. The Morgan fingerprint density at radius 1 is 1.12 bits per heavy atom. The number of rotatable bonds is 2. The van der Waals surface area contributed by atoms with Crippen molar-refractivity contribution in [3.63, 3.8) is 0 Å². The summed E-state index contributed by atoms with van der Waals surface area (Å²) in [7, 11) is 0. The molecule has 3 aromatic heterocycles. The van der Waals surface area contributed by atoms with E-state index in [0.717, 1.165) is 21.1 Å². The highest BCUT2D eigenvalue weighted by Crippen LogP contribution is 2.28. The third-order valence-electron chi connectivity index (χ3n) is 3.74. The number of H-pyrrole nitrogens is 1. The van der Waals surface area contributed by atoms with Crippen molar-refractivity contribution in [2.75, 3.05) is 0 Å². The summed E-state index contributed by atoms with van der Waals surface area (Å²) in [6, 6.07) is 9.35. The predicted octanol–water partition coefficient (Wildman–Crippen LogP) is 3.57. The van der Waals surface area contributed by atoms with Gasteiger partial charge in [-0.25, -0.2) is 18.9 Å². The average Bonchev–Trinajstić information content (AvgIpc) is 3.11. The molecule has 0 bridgehead atoms. The highest BCUT2D eigenvalue weighted by molar-refractivity contribution is 7.15. The topological polar surface area (TPSA) is 63.1 Å². The number of thiazole rings is 1. The molecule has 0 aliphatic carbocycles. The van der Waals surface area contributed by atoms with Gasteiger partial charge in [0, 0.05) is 12.1 Å². The first-order chi connectivity index (χ1) is 11.5. The zero-order chi connectivity index (χ0) is 16.8. The van der Waals surface area contributed by atoms with E-state index in [9.17, 15) is 9.18 Å². The van der Waals surface area contributed by atoms with Crippen LogP contribution in [0.15, 0.2) is 41.2 Å². The van der Waals surface area contributed by atoms with Crippen LogP contribution in [0.5, 0.6) is 0 Å². The van der Waals surface area contributed by atoms with E-state index < -0.39 is 0 Å². The Morgan fingerprint density at radius 2 is 1.88 bits per heavy atom. The van der Waals surface area contributed by atoms with Crippen molar-refractivity contribution in [2.24, 2.45) is 0 Å². The standard InChI is InChI=1S/C17H13FN4OS/c1-9-17(24-10(2)19-9)14-8-16(23)22-15(20-14)7-13(21-22)11-3-5-12(18)6-4-11/h3-8,21H,1-2H3. The molecule has 0 saturated carbocycles. The summed E-state index contributed by atoms with van der Waals surface area (Å²) in [6.07, 6.45) is 0. The van der Waals surface area contributed by atoms with Crippen LogP contribution in [-0.4, -0.2) is 19.6 Å². The average molecular weight is 340 g/mol. The van der Waals surface area contributed by atoms with Crippen LogP contribution in [0, 0.1) is 19.7 Å². The quantitative estimate of drug-likeness (QED) is 0.607. The largest absolute Gasteiger partial charge is 0.289 e. The third kappa shape index (κ3) is 2.43. The Bertz CT molecular complexity index is 1110. The van der Waals surface area contributed by atoms with Crippen molar-refractivity contribution >= 4 is 17.0 Å². The minimum Gasteiger partial charge on any atom is -0.289 e. The summed E-state index contributed by atoms with van der Waals surface area (Å²) in [5, 5.41) is 3.94. The number of hydrogen-bond acceptors (Lipinski definition) is 4. The second-order valence-electron chi connectivity index (χ2n) is 5.50. The van der Waals surface area contributed by atoms with Crippen molar-refractivity contribution in [1.82, 2.24) is 19.6 Å². The molecule has 120 valence electrons. The summed E-state index contributed by atoms with van der Waals surface area (Å²) in [6.45, 7) is 3.83. The lowest BCUT2D eigenvalue weighted by Gasteiger charge is -1.98. The molecule has 3 heterocycles. The lowest BCUT2D eigenvalue weighted by molar-refractivity contribution is 0.628. The molecule has 0 saturated heterocycles. The molecule has 1 aromatic carbocycles. The van der Waals surface area contributed by atoms with E-state index in [0.29, 0.717) is 17.0 Å². The Hall–Kier alpha value is -2.80. The number of hydrogen-bond donors (Lipinski definition) is 1. The van der Waals surface area contributed by atoms with Gasteiger partial charge in [-0.1, -0.05) is 0 Å². The van der Waals surface area contributed by atoms with E-state index in [1.54, 1.807) is 18.2 Å². The maximum Gasteiger partial charge on any atom is 0.273 e. The maximum atomic E-state index is 13.1. The molecule has 0 amide bonds. The molecule has 1 N–H and O–H groups in total. The zero-order valence-electron chi connectivity index (χ0n) is 13.0. The van der Waals surface area contributed by atoms with Gasteiger partial charge in [0.2, 0.25) is 0 Å². The molecule has 0 aliphatic rings. The first-order valence-electron chi connectivity index (χ1n) is 7.34. The second-order valence-corrected chi connectivity index (χ2v) is 6.70. The smallest absolute Gasteiger partial charge is 0.273 e. The van der Waals surface area contributed by atoms with E-state index in [-0.39, 0.29) is 11.4 Å². The first kappa shape index (κ1) is 14.8. The van der Waals surface area contributed by atoms with Crippen LogP contribution in [0.3, 0.4) is 0 Å². The molecule has 7 heteroatoms. The zero-order valence-corrected chi connectivity index (χ0v) is 13.8. The minimum absolute atomic E-state index is 0.200. The monoisotopic (exact) mass is 340 g/mol. The van der Waals surface area contributed by atoms with Gasteiger partial charge in [0.25, 0.3) is 5.56 Å². The molecule has 0 fully saturated rings. The van der Waals surface area contributed by atoms with Gasteiger partial charge in [0.05, 0.1) is 27.0 Å². The molecule has 0 spiro atoms. The van der Waals surface area contributed by atoms with Crippen molar-refractivity contribution in [1.29, 1.82) is 0 Å². The van der Waals surface area contributed by atoms with Gasteiger partial charge < -0.3 is 0 Å². The van der Waals surface area contributed by atoms with Crippen LogP contribution in [0.1, 0.15) is 10.7 Å². The fourth-order valence-electron chi connectivity index (χ4n) is 2.65. The van der Waals surface area contributed by atoms with Crippen LogP contribution in [-0.2, 0) is 0 Å². The molecule has 4 aromatic rings. The van der Waals surface area contributed by atoms with E-state index in [2.05, 4.69) is 15.1 Å². The number of nitrogens with one attached hydrogen (secondary N) is 1. The van der Waals surface area contributed by atoms with Crippen LogP contribution in [0.4, 0.5) is 4.39 Å². The Kier molecular flexibility index (Phi) is 3.31. The molecular weight excluding hydrogens is 327 g/mol. The van der Waals surface area contributed by atoms with Crippen LogP contribution in [0.2, 0.25) is 0 Å². The second kappa shape index (κ2) is 5.38. The number of benzene rings is 1. The number of nitrogens with zero attached hydrogens (tertiary/aromatic N) is 3. The van der Waals surface area contributed by atoms with Crippen molar-refractivity contribution in [2.45, 2.75) is 13.8 Å². The third-order valence-corrected chi connectivity index (χ3v) is 4.84. The summed E-state index contributed by atoms with van der Waals surface area (Å²) in [5.41, 5.74) is 3.29. The molecule has 0 unspecified atom stereocenters. The number of aryl methyl sites for hydroxylation is 2. The van der Waals surface area contributed by atoms with Gasteiger partial charge in [-0.2, -0.15) is 0 Å². The van der Waals surface area contributed by atoms with Crippen molar-refractivity contribution in [3.05, 3.63) is 63.3 Å². The van der Waals surface area contributed by atoms with Gasteiger partial charge >= 0.3 is 0 Å². The van der Waals surface area contributed by atoms with Crippen molar-refractivity contribution < 1.29 is 4.39 Å². The highest BCUT2D eigenvalue weighted by Gasteiger charge is 2.13. The molecule has 0 aliphatic heterocycles. The predicted molar refractivity (Wildman–Crippen MR) is 91.8 cm³/mol. The van der Waals surface area contributed by atoms with Gasteiger partial charge in [-0.15, -0.1) is 11.3 Å². The molecule has 5 nitrogen and oxygen atoms in total. The number of aromatic nitrogens is 4. The summed E-state index contributed by atoms with van der Waals surface area (Å²) in [5.74, 6) is -0.302. The fourth-order valence-corrected chi connectivity index (χ4v) is 3.53. The van der Waals surface area contributed by atoms with Gasteiger partial charge in [-0.3, -0.25) is 9.89 Å². The molecule has 0 atom stereocenters. The Balaban J connectivity index is 1.88. The first-order valence-corrected chi connectivity index (χ1v) is 8.16. The number of fused-ring (bicyclic) bond motifs is 1. The van der Waals surface area contributed by atoms with Crippen LogP contribution < -0.4 is 5.56 Å². The fraction of sp³-hybridized carbons (Fsp3) is 0.118. The minimum atomic E-state index is -0.302. The van der Waals surface area contributed by atoms with Crippen LogP contribution >= 0.6 is 11.3 Å².